The molecule has 0 atom stereocenters. The summed E-state index contributed by atoms with van der Waals surface area (Å²) in [5.41, 5.74) is 0.723. The van der Waals surface area contributed by atoms with Crippen molar-refractivity contribution in [3.8, 4) is 0 Å². The molecule has 0 aliphatic heterocycles. The molecule has 4 heteroatoms. The third kappa shape index (κ3) is 3.66. The zero-order valence-corrected chi connectivity index (χ0v) is 11.9. The number of nitrogens with zero attached hydrogens (tertiary/aromatic N) is 1. The number of hydrogen-bond acceptors (Lipinski definition) is 1. The van der Waals surface area contributed by atoms with E-state index in [4.69, 9.17) is 0 Å². The van der Waals surface area contributed by atoms with Gasteiger partial charge in [0.05, 0.1) is 0 Å². The zero-order valence-electron chi connectivity index (χ0n) is 10.3. The molecular weight excluding hydrogens is 288 g/mol. The molecule has 1 rings (SSSR count). The first kappa shape index (κ1) is 14.4. The normalized spacial score (nSPS) is 10.6. The van der Waals surface area contributed by atoms with E-state index in [1.54, 1.807) is 4.90 Å². The zero-order chi connectivity index (χ0) is 12.8. The van der Waals surface area contributed by atoms with Crippen molar-refractivity contribution in [2.45, 2.75) is 32.0 Å². The summed E-state index contributed by atoms with van der Waals surface area (Å²) in [5, 5.41) is 0.461. The second-order valence-electron chi connectivity index (χ2n) is 3.97. The molecule has 0 bridgehead atoms. The maximum atomic E-state index is 13.9. The lowest BCUT2D eigenvalue weighted by Crippen LogP contribution is -2.26. The van der Waals surface area contributed by atoms with Gasteiger partial charge in [0, 0.05) is 18.4 Å². The highest BCUT2D eigenvalue weighted by molar-refractivity contribution is 9.08. The molecule has 1 aromatic rings. The predicted molar refractivity (Wildman–Crippen MR) is 71.8 cm³/mol. The summed E-state index contributed by atoms with van der Waals surface area (Å²) in [5.74, 6) is -0.949. The Bertz CT molecular complexity index is 345. The second kappa shape index (κ2) is 6.94. The number of unbranched alkanes of at least 4 members (excludes halogenated alkanes) is 1. The van der Waals surface area contributed by atoms with E-state index in [0.717, 1.165) is 12.8 Å². The predicted octanol–water partition coefficient (Wildman–Crippen LogP) is 4.49. The molecule has 1 aromatic carbocycles. The molecule has 1 nitrogen and oxygen atoms in total. The van der Waals surface area contributed by atoms with Crippen molar-refractivity contribution in [1.29, 1.82) is 0 Å². The number of rotatable bonds is 6. The summed E-state index contributed by atoms with van der Waals surface area (Å²) < 4.78 is 27.7. The topological polar surface area (TPSA) is 3.24 Å². The Morgan fingerprint density at radius 2 is 1.76 bits per heavy atom. The molecule has 96 valence electrons. The van der Waals surface area contributed by atoms with E-state index < -0.39 is 11.6 Å². The first-order chi connectivity index (χ1) is 8.13. The van der Waals surface area contributed by atoms with E-state index in [2.05, 4.69) is 22.9 Å². The van der Waals surface area contributed by atoms with Gasteiger partial charge in [0.2, 0.25) is 0 Å². The second-order valence-corrected chi connectivity index (χ2v) is 4.54. The lowest BCUT2D eigenvalue weighted by atomic mass is 10.1. The minimum Gasteiger partial charge on any atom is -0.367 e. The molecule has 0 unspecified atom stereocenters. The Labute approximate surface area is 110 Å². The first-order valence-corrected chi connectivity index (χ1v) is 7.05. The molecule has 17 heavy (non-hydrogen) atoms. The Hall–Kier alpha value is -0.640. The monoisotopic (exact) mass is 305 g/mol. The average Bonchev–Trinajstić information content (AvgIpc) is 2.32. The maximum Gasteiger partial charge on any atom is 0.149 e. The van der Waals surface area contributed by atoms with E-state index in [9.17, 15) is 8.78 Å². The molecule has 0 saturated heterocycles. The summed E-state index contributed by atoms with van der Waals surface area (Å²) in [7, 11) is 0. The van der Waals surface area contributed by atoms with Gasteiger partial charge in [-0.1, -0.05) is 29.3 Å². The fourth-order valence-corrected chi connectivity index (χ4v) is 2.10. The van der Waals surface area contributed by atoms with Crippen LogP contribution in [0.1, 0.15) is 32.3 Å². The van der Waals surface area contributed by atoms with Gasteiger partial charge in [0.1, 0.15) is 17.3 Å². The first-order valence-electron chi connectivity index (χ1n) is 5.92. The average molecular weight is 306 g/mol. The maximum absolute atomic E-state index is 13.9. The molecule has 0 amide bonds. The lowest BCUT2D eigenvalue weighted by molar-refractivity contribution is 0.566. The van der Waals surface area contributed by atoms with Crippen LogP contribution < -0.4 is 4.90 Å². The molecule has 0 aromatic heterocycles. The van der Waals surface area contributed by atoms with Crippen LogP contribution in [0, 0.1) is 11.6 Å². The molecule has 0 saturated carbocycles. The van der Waals surface area contributed by atoms with Crippen LogP contribution in [0.5, 0.6) is 0 Å². The van der Waals surface area contributed by atoms with E-state index >= 15 is 0 Å². The van der Waals surface area contributed by atoms with Crippen LogP contribution in [0.25, 0.3) is 0 Å². The highest BCUT2D eigenvalue weighted by atomic mass is 79.9. The largest absolute Gasteiger partial charge is 0.367 e. The molecule has 0 aliphatic rings. The number of alkyl halides is 1. The summed E-state index contributed by atoms with van der Waals surface area (Å²) in [6, 6.07) is 2.78. The highest BCUT2D eigenvalue weighted by Crippen LogP contribution is 2.26. The third-order valence-corrected chi connectivity index (χ3v) is 3.36. The molecular formula is C13H18BrF2N. The lowest BCUT2D eigenvalue weighted by Gasteiger charge is -2.24. The van der Waals surface area contributed by atoms with Gasteiger partial charge in [-0.25, -0.2) is 8.78 Å². The Balaban J connectivity index is 3.02. The van der Waals surface area contributed by atoms with Crippen LogP contribution in [0.15, 0.2) is 12.1 Å². The van der Waals surface area contributed by atoms with Gasteiger partial charge in [-0.05, 0) is 31.0 Å². The summed E-state index contributed by atoms with van der Waals surface area (Å²) in [6.45, 7) is 5.28. The molecule has 0 fully saturated rings. The van der Waals surface area contributed by atoms with Gasteiger partial charge in [-0.15, -0.1) is 0 Å². The van der Waals surface area contributed by atoms with Crippen LogP contribution in [0.3, 0.4) is 0 Å². The van der Waals surface area contributed by atoms with Crippen molar-refractivity contribution in [3.63, 3.8) is 0 Å². The van der Waals surface area contributed by atoms with E-state index in [1.165, 1.54) is 12.1 Å². The molecule has 0 heterocycles. The minimum atomic E-state index is -0.475. The number of benzene rings is 1. The van der Waals surface area contributed by atoms with Crippen LogP contribution >= 0.6 is 15.9 Å². The van der Waals surface area contributed by atoms with E-state index in [0.29, 0.717) is 24.0 Å². The number of anilines is 1. The van der Waals surface area contributed by atoms with Gasteiger partial charge in [-0.3, -0.25) is 0 Å². The quantitative estimate of drug-likeness (QED) is 0.700. The fourth-order valence-electron chi connectivity index (χ4n) is 1.77. The third-order valence-electron chi connectivity index (χ3n) is 2.71. The van der Waals surface area contributed by atoms with Gasteiger partial charge in [-0.2, -0.15) is 0 Å². The van der Waals surface area contributed by atoms with Crippen LogP contribution in [-0.2, 0) is 5.33 Å². The van der Waals surface area contributed by atoms with Crippen molar-refractivity contribution in [2.24, 2.45) is 0 Å². The molecule has 0 aliphatic carbocycles. The van der Waals surface area contributed by atoms with Crippen LogP contribution in [0.2, 0.25) is 0 Å². The van der Waals surface area contributed by atoms with Crippen LogP contribution in [0.4, 0.5) is 14.5 Å². The highest BCUT2D eigenvalue weighted by Gasteiger charge is 2.16. The Morgan fingerprint density at radius 3 is 2.18 bits per heavy atom. The SMILES string of the molecule is CCCCN(CC)c1c(F)cc(CBr)cc1F. The van der Waals surface area contributed by atoms with Crippen molar-refractivity contribution in [3.05, 3.63) is 29.3 Å². The van der Waals surface area contributed by atoms with Crippen molar-refractivity contribution < 1.29 is 8.78 Å². The standard InChI is InChI=1S/C13H18BrF2N/c1-3-5-6-17(4-2)13-11(15)7-10(9-14)8-12(13)16/h7-8H,3-6,9H2,1-2H3. The van der Waals surface area contributed by atoms with Gasteiger partial charge >= 0.3 is 0 Å². The van der Waals surface area contributed by atoms with Gasteiger partial charge in [0.25, 0.3) is 0 Å². The molecule has 0 spiro atoms. The fraction of sp³-hybridized carbons (Fsp3) is 0.538. The van der Waals surface area contributed by atoms with Gasteiger partial charge in [0.15, 0.2) is 0 Å². The smallest absolute Gasteiger partial charge is 0.149 e. The summed E-state index contributed by atoms with van der Waals surface area (Å²) in [4.78, 5) is 1.76. The van der Waals surface area contributed by atoms with Crippen molar-refractivity contribution in [1.82, 2.24) is 0 Å². The van der Waals surface area contributed by atoms with E-state index in [-0.39, 0.29) is 5.69 Å². The summed E-state index contributed by atoms with van der Waals surface area (Å²) in [6.07, 6.45) is 1.95. The van der Waals surface area contributed by atoms with Gasteiger partial charge < -0.3 is 4.90 Å². The minimum absolute atomic E-state index is 0.102. The van der Waals surface area contributed by atoms with Crippen LogP contribution in [-0.4, -0.2) is 13.1 Å². The van der Waals surface area contributed by atoms with Crippen molar-refractivity contribution >= 4 is 21.6 Å². The Kier molecular flexibility index (Phi) is 5.89. The number of hydrogen-bond donors (Lipinski definition) is 0. The molecule has 0 radical (unpaired) electrons. The number of halogens is 3. The molecule has 0 N–H and O–H groups in total. The van der Waals surface area contributed by atoms with E-state index in [1.807, 2.05) is 6.92 Å². The summed E-state index contributed by atoms with van der Waals surface area (Å²) >= 11 is 3.20. The Morgan fingerprint density at radius 1 is 1.18 bits per heavy atom. The van der Waals surface area contributed by atoms with Crippen molar-refractivity contribution in [2.75, 3.05) is 18.0 Å².